The highest BCUT2D eigenvalue weighted by Gasteiger charge is 2.22. The third-order valence-electron chi connectivity index (χ3n) is 3.21. The molecule has 116 valence electrons. The van der Waals surface area contributed by atoms with Gasteiger partial charge in [-0.3, -0.25) is 4.79 Å². The molecule has 0 radical (unpaired) electrons. The normalized spacial score (nSPS) is 12.0. The topological polar surface area (TPSA) is 61.2 Å². The van der Waals surface area contributed by atoms with Crippen LogP contribution in [0.1, 0.15) is 26.3 Å². The van der Waals surface area contributed by atoms with E-state index in [0.29, 0.717) is 12.1 Å². The van der Waals surface area contributed by atoms with Gasteiger partial charge in [-0.15, -0.1) is 0 Å². The predicted octanol–water partition coefficient (Wildman–Crippen LogP) is 3.19. The van der Waals surface area contributed by atoms with Crippen molar-refractivity contribution >= 4 is 21.9 Å². The van der Waals surface area contributed by atoms with E-state index in [2.05, 4.69) is 21.0 Å². The number of aromatic nitrogens is 2. The zero-order valence-corrected chi connectivity index (χ0v) is 14.0. The summed E-state index contributed by atoms with van der Waals surface area (Å²) in [5, 5.41) is 4.33. The maximum absolute atomic E-state index is 12.1. The molecule has 0 unspecified atom stereocenters. The van der Waals surface area contributed by atoms with Crippen LogP contribution in [-0.2, 0) is 9.53 Å². The van der Waals surface area contributed by atoms with Crippen LogP contribution in [0.3, 0.4) is 0 Å². The molecule has 0 aliphatic carbocycles. The summed E-state index contributed by atoms with van der Waals surface area (Å²) in [4.78, 5) is 24.0. The van der Waals surface area contributed by atoms with Gasteiger partial charge in [0.05, 0.1) is 12.3 Å². The quantitative estimate of drug-likeness (QED) is 0.764. The van der Waals surface area contributed by atoms with Crippen molar-refractivity contribution in [3.05, 3.63) is 51.2 Å². The van der Waals surface area contributed by atoms with Gasteiger partial charge in [-0.05, 0) is 31.5 Å². The van der Waals surface area contributed by atoms with Crippen molar-refractivity contribution in [1.29, 1.82) is 0 Å². The molecule has 0 spiro atoms. The number of esters is 1. The Morgan fingerprint density at radius 3 is 2.50 bits per heavy atom. The number of benzene rings is 1. The van der Waals surface area contributed by atoms with Crippen LogP contribution in [0.25, 0.3) is 11.3 Å². The van der Waals surface area contributed by atoms with Gasteiger partial charge in [-0.25, -0.2) is 9.48 Å². The molecule has 0 saturated heterocycles. The maximum atomic E-state index is 12.1. The molecule has 6 heteroatoms. The Morgan fingerprint density at radius 2 is 1.91 bits per heavy atom. The van der Waals surface area contributed by atoms with Crippen LogP contribution >= 0.6 is 15.9 Å². The minimum absolute atomic E-state index is 0.274. The largest absolute Gasteiger partial charge is 0.464 e. The molecule has 1 atom stereocenters. The van der Waals surface area contributed by atoms with E-state index in [1.807, 2.05) is 31.2 Å². The van der Waals surface area contributed by atoms with Crippen molar-refractivity contribution in [2.45, 2.75) is 26.3 Å². The van der Waals surface area contributed by atoms with Crippen molar-refractivity contribution < 1.29 is 9.53 Å². The molecule has 2 aromatic rings. The van der Waals surface area contributed by atoms with Crippen LogP contribution in [0.4, 0.5) is 0 Å². The first-order valence-electron chi connectivity index (χ1n) is 7.09. The van der Waals surface area contributed by atoms with Gasteiger partial charge in [0, 0.05) is 16.1 Å². The van der Waals surface area contributed by atoms with E-state index in [0.717, 1.165) is 10.0 Å². The first-order chi connectivity index (χ1) is 10.6. The van der Waals surface area contributed by atoms with Gasteiger partial charge in [0.2, 0.25) is 0 Å². The Labute approximate surface area is 137 Å². The SMILES string of the molecule is CCOC(=O)[C@H](CC)n1nc(-c2ccc(Br)cc2)ccc1=O. The molecule has 0 aliphatic rings. The van der Waals surface area contributed by atoms with Gasteiger partial charge < -0.3 is 4.74 Å². The monoisotopic (exact) mass is 364 g/mol. The minimum Gasteiger partial charge on any atom is -0.464 e. The highest BCUT2D eigenvalue weighted by molar-refractivity contribution is 9.10. The first kappa shape index (κ1) is 16.4. The third kappa shape index (κ3) is 3.62. The lowest BCUT2D eigenvalue weighted by Gasteiger charge is -2.16. The van der Waals surface area contributed by atoms with Crippen LogP contribution in [0.5, 0.6) is 0 Å². The minimum atomic E-state index is -0.706. The van der Waals surface area contributed by atoms with Crippen LogP contribution in [0, 0.1) is 0 Å². The molecular weight excluding hydrogens is 348 g/mol. The van der Waals surface area contributed by atoms with Gasteiger partial charge in [0.25, 0.3) is 5.56 Å². The lowest BCUT2D eigenvalue weighted by atomic mass is 10.1. The van der Waals surface area contributed by atoms with E-state index in [1.165, 1.54) is 10.7 Å². The molecule has 0 bridgehead atoms. The summed E-state index contributed by atoms with van der Waals surface area (Å²) >= 11 is 3.38. The number of rotatable bonds is 5. The molecule has 1 aromatic carbocycles. The van der Waals surface area contributed by atoms with Gasteiger partial charge >= 0.3 is 5.97 Å². The van der Waals surface area contributed by atoms with Gasteiger partial charge in [-0.2, -0.15) is 5.10 Å². The number of carbonyl (C=O) groups is 1. The highest BCUT2D eigenvalue weighted by atomic mass is 79.9. The standard InChI is InChI=1S/C16H17BrN2O3/c1-3-14(16(21)22-4-2)19-15(20)10-9-13(18-19)11-5-7-12(17)8-6-11/h5-10,14H,3-4H2,1-2H3/t14-/m0/s1. The fourth-order valence-corrected chi connectivity index (χ4v) is 2.37. The second-order valence-corrected chi connectivity index (χ2v) is 5.60. The molecule has 0 N–H and O–H groups in total. The summed E-state index contributed by atoms with van der Waals surface area (Å²) in [5.74, 6) is -0.437. The fourth-order valence-electron chi connectivity index (χ4n) is 2.10. The van der Waals surface area contributed by atoms with E-state index >= 15 is 0 Å². The molecular formula is C16H17BrN2O3. The number of hydrogen-bond acceptors (Lipinski definition) is 4. The second-order valence-electron chi connectivity index (χ2n) is 4.68. The summed E-state index contributed by atoms with van der Waals surface area (Å²) in [7, 11) is 0. The zero-order valence-electron chi connectivity index (χ0n) is 12.5. The van der Waals surface area contributed by atoms with E-state index in [-0.39, 0.29) is 12.2 Å². The number of nitrogens with zero attached hydrogens (tertiary/aromatic N) is 2. The lowest BCUT2D eigenvalue weighted by Crippen LogP contribution is -2.32. The second kappa shape index (κ2) is 7.35. The molecule has 0 fully saturated rings. The van der Waals surface area contributed by atoms with Crippen LogP contribution in [0.15, 0.2) is 45.7 Å². The van der Waals surface area contributed by atoms with Crippen LogP contribution in [-0.4, -0.2) is 22.4 Å². The molecule has 0 aliphatic heterocycles. The molecule has 2 rings (SSSR count). The van der Waals surface area contributed by atoms with Crippen molar-refractivity contribution in [3.8, 4) is 11.3 Å². The van der Waals surface area contributed by atoms with Crippen LogP contribution in [0.2, 0.25) is 0 Å². The molecule has 1 aromatic heterocycles. The summed E-state index contributed by atoms with van der Waals surface area (Å²) in [6.07, 6.45) is 0.440. The zero-order chi connectivity index (χ0) is 16.1. The van der Waals surface area contributed by atoms with Crippen LogP contribution < -0.4 is 5.56 Å². The van der Waals surface area contributed by atoms with E-state index in [4.69, 9.17) is 4.74 Å². The average Bonchev–Trinajstić information content (AvgIpc) is 2.51. The molecule has 5 nitrogen and oxygen atoms in total. The Bertz CT molecular complexity index is 710. The first-order valence-corrected chi connectivity index (χ1v) is 7.88. The lowest BCUT2D eigenvalue weighted by molar-refractivity contribution is -0.147. The Kier molecular flexibility index (Phi) is 5.49. The van der Waals surface area contributed by atoms with Crippen molar-refractivity contribution in [1.82, 2.24) is 9.78 Å². The summed E-state index contributed by atoms with van der Waals surface area (Å²) in [6, 6.07) is 9.96. The third-order valence-corrected chi connectivity index (χ3v) is 3.73. The van der Waals surface area contributed by atoms with E-state index in [9.17, 15) is 9.59 Å². The van der Waals surface area contributed by atoms with E-state index < -0.39 is 12.0 Å². The van der Waals surface area contributed by atoms with Gasteiger partial charge in [0.15, 0.2) is 6.04 Å². The van der Waals surface area contributed by atoms with Crippen molar-refractivity contribution in [2.24, 2.45) is 0 Å². The Hall–Kier alpha value is -1.95. The van der Waals surface area contributed by atoms with E-state index in [1.54, 1.807) is 13.0 Å². The van der Waals surface area contributed by atoms with Crippen molar-refractivity contribution in [3.63, 3.8) is 0 Å². The Balaban J connectivity index is 2.43. The van der Waals surface area contributed by atoms with Crippen molar-refractivity contribution in [2.75, 3.05) is 6.61 Å². The number of halogens is 1. The fraction of sp³-hybridized carbons (Fsp3) is 0.312. The highest BCUT2D eigenvalue weighted by Crippen LogP contribution is 2.20. The Morgan fingerprint density at radius 1 is 1.23 bits per heavy atom. The number of ether oxygens (including phenoxy) is 1. The predicted molar refractivity (Wildman–Crippen MR) is 87.6 cm³/mol. The maximum Gasteiger partial charge on any atom is 0.331 e. The molecule has 22 heavy (non-hydrogen) atoms. The van der Waals surface area contributed by atoms with Gasteiger partial charge in [-0.1, -0.05) is 35.0 Å². The number of hydrogen-bond donors (Lipinski definition) is 0. The average molecular weight is 365 g/mol. The smallest absolute Gasteiger partial charge is 0.331 e. The van der Waals surface area contributed by atoms with Gasteiger partial charge in [0.1, 0.15) is 0 Å². The summed E-state index contributed by atoms with van der Waals surface area (Å²) < 4.78 is 7.19. The molecule has 1 heterocycles. The number of carbonyl (C=O) groups excluding carboxylic acids is 1. The summed E-state index contributed by atoms with van der Waals surface area (Å²) in [5.41, 5.74) is 1.19. The molecule has 0 saturated carbocycles. The summed E-state index contributed by atoms with van der Waals surface area (Å²) in [6.45, 7) is 3.83. The molecule has 0 amide bonds.